The molecule has 1 radical (unpaired) electrons. The molecule has 0 spiro atoms. The number of nitrogen functional groups attached to an aromatic ring is 2. The fourth-order valence-electron chi connectivity index (χ4n) is 8.48. The van der Waals surface area contributed by atoms with E-state index >= 15 is 0 Å². The molecule has 2 amide bonds. The molecule has 2 fully saturated rings. The van der Waals surface area contributed by atoms with Gasteiger partial charge < -0.3 is 30.7 Å². The van der Waals surface area contributed by atoms with Gasteiger partial charge in [-0.1, -0.05) is 49.6 Å². The van der Waals surface area contributed by atoms with E-state index in [2.05, 4.69) is 33.1 Å². The summed E-state index contributed by atoms with van der Waals surface area (Å²) in [6, 6.07) is 34.6. The van der Waals surface area contributed by atoms with Crippen molar-refractivity contribution in [3.63, 3.8) is 0 Å². The van der Waals surface area contributed by atoms with Crippen LogP contribution in [0.3, 0.4) is 0 Å². The first-order chi connectivity index (χ1) is 35.4. The second-order valence-electron chi connectivity index (χ2n) is 16.0. The Morgan fingerprint density at radius 2 is 1.01 bits per heavy atom. The third-order valence-corrected chi connectivity index (χ3v) is 11.7. The van der Waals surface area contributed by atoms with Crippen LogP contribution in [0.4, 0.5) is 11.6 Å². The van der Waals surface area contributed by atoms with Crippen LogP contribution in [0.1, 0.15) is 37.8 Å². The highest BCUT2D eigenvalue weighted by Crippen LogP contribution is 2.37. The zero-order valence-electron chi connectivity index (χ0n) is 41.3. The van der Waals surface area contributed by atoms with Crippen molar-refractivity contribution in [3.05, 3.63) is 147 Å². The molecule has 10 rings (SSSR count). The molecule has 73 heavy (non-hydrogen) atoms. The number of hydrogen-bond donors (Lipinski definition) is 2. The van der Waals surface area contributed by atoms with E-state index in [1.165, 1.54) is 30.5 Å². The summed E-state index contributed by atoms with van der Waals surface area (Å²) < 4.78 is 27.5. The van der Waals surface area contributed by atoms with E-state index < -0.39 is 4.51 Å². The Bertz CT molecular complexity index is 2930. The number of halogens is 5. The van der Waals surface area contributed by atoms with E-state index in [0.717, 1.165) is 59.8 Å². The van der Waals surface area contributed by atoms with Crippen molar-refractivity contribution >= 4 is 137 Å². The first-order valence-corrected chi connectivity index (χ1v) is 25.3. The third-order valence-electron chi connectivity index (χ3n) is 11.7. The Labute approximate surface area is 472 Å². The zero-order chi connectivity index (χ0) is 51.9. The minimum absolute atomic E-state index is 0. The fraction of sp³-hybridized carbons (Fsp3) is 0.200. The van der Waals surface area contributed by atoms with Gasteiger partial charge in [0.1, 0.15) is 58.7 Å². The second kappa shape index (κ2) is 28.5. The van der Waals surface area contributed by atoms with Crippen molar-refractivity contribution in [1.29, 1.82) is 2.67 Å². The molecule has 0 aliphatic carbocycles. The first-order valence-electron chi connectivity index (χ1n) is 23.6. The number of amides is 2. The maximum absolute atomic E-state index is 12.2. The van der Waals surface area contributed by atoms with Gasteiger partial charge >= 0.3 is 4.51 Å². The number of rotatable bonds is 10. The number of nitrogens with zero attached hydrogens (tertiary/aromatic N) is 10. The summed E-state index contributed by atoms with van der Waals surface area (Å²) in [7, 11) is 0. The van der Waals surface area contributed by atoms with Gasteiger partial charge in [-0.05, 0) is 112 Å². The number of nitrogens with two attached hydrogens (primary N) is 2. The SMILES string of the molecule is C=CC(=O)N1CCC[C@@H](n2nc(-c3ccc(Oc4ccccc4)cc3)c3c(N)ncnc32)C1.C=CC(=O)N1CCC[C@@H](n2nc(-c3ccc(Oc4ccccc4)cc3)c3c(N)ncnc32)C1.Cl.Cl.[3H]B(Cl)I.[3H][B]I. The smallest absolute Gasteiger partial charge is 0.304 e. The standard InChI is InChI=1S/2C25H24N6O2.BClHI.BHI.2ClH/c2*1-2-21(32)30-14-6-7-18(15-30)31-25-22(24(26)27-16-28-25)23(29-31)17-10-12-20(13-11-17)33-19-8-4-3-5-9-19;2-1-3;1-2;;/h2*2-5,8-13,16,18H,1,6-7,14-15H2,(H2,26,27,28);1H;1H;2*1H/t2*18-;;;;/m11..../s1/i;;2*1T;;. The highest BCUT2D eigenvalue weighted by atomic mass is 127. The lowest BCUT2D eigenvalue weighted by molar-refractivity contribution is -0.128. The van der Waals surface area contributed by atoms with Crippen molar-refractivity contribution in [2.24, 2.45) is 0 Å². The van der Waals surface area contributed by atoms with E-state index in [1.807, 2.05) is 141 Å². The highest BCUT2D eigenvalue weighted by Gasteiger charge is 2.30. The number of likely N-dealkylation sites (tertiary alicyclic amines) is 2. The van der Waals surface area contributed by atoms with Gasteiger partial charge in [-0.3, -0.25) is 9.59 Å². The minimum Gasteiger partial charge on any atom is -0.457 e. The molecule has 2 aliphatic rings. The second-order valence-corrected chi connectivity index (χ2v) is 17.6. The van der Waals surface area contributed by atoms with Crippen LogP contribution in [0, 0.1) is 0 Å². The average molecular weight is 1270 g/mol. The summed E-state index contributed by atoms with van der Waals surface area (Å²) in [4.78, 5) is 45.3. The average Bonchev–Trinajstić information content (AvgIpc) is 4.01. The van der Waals surface area contributed by atoms with Crippen LogP contribution in [-0.4, -0.2) is 100 Å². The molecule has 16 nitrogen and oxygen atoms in total. The van der Waals surface area contributed by atoms with Crippen LogP contribution in [0.15, 0.2) is 147 Å². The summed E-state index contributed by atoms with van der Waals surface area (Å²) in [6.45, 7) is 9.75. The summed E-state index contributed by atoms with van der Waals surface area (Å²) in [5.41, 5.74) is 18.3. The van der Waals surface area contributed by atoms with Crippen LogP contribution < -0.4 is 20.9 Å². The number of ether oxygens (including phenoxy) is 2. The molecule has 8 aromatic rings. The number of benzene rings is 4. The minimum atomic E-state index is -0.474. The van der Waals surface area contributed by atoms with Gasteiger partial charge in [0, 0.05) is 38.6 Å². The zero-order valence-corrected chi connectivity index (χ0v) is 46.0. The Hall–Kier alpha value is -5.94. The molecule has 4 aromatic carbocycles. The van der Waals surface area contributed by atoms with Crippen LogP contribution in [-0.2, 0) is 9.59 Å². The molecule has 0 unspecified atom stereocenters. The molecule has 0 bridgehead atoms. The molecular formula is C50H52B2Cl3I2N12O4. The van der Waals surface area contributed by atoms with Crippen molar-refractivity contribution in [1.82, 2.24) is 49.3 Å². The molecular weight excluding hydrogens is 1210 g/mol. The van der Waals surface area contributed by atoms with E-state index in [4.69, 9.17) is 45.3 Å². The normalized spacial score (nSPS) is 15.1. The lowest BCUT2D eigenvalue weighted by Crippen LogP contribution is -2.40. The van der Waals surface area contributed by atoms with Gasteiger partial charge in [0.2, 0.25) is 11.8 Å². The lowest BCUT2D eigenvalue weighted by Gasteiger charge is -2.32. The Balaban J connectivity index is 0.000000241. The molecule has 0 saturated carbocycles. The number of aromatic nitrogens is 8. The monoisotopic (exact) mass is 1270 g/mol. The van der Waals surface area contributed by atoms with Crippen LogP contribution in [0.5, 0.6) is 23.0 Å². The molecule has 4 N–H and O–H groups in total. The number of fused-ring (bicyclic) bond motifs is 2. The predicted octanol–water partition coefficient (Wildman–Crippen LogP) is 10.4. The molecule has 6 heterocycles. The molecule has 2 saturated heterocycles. The van der Waals surface area contributed by atoms with E-state index in [1.54, 1.807) is 32.2 Å². The topological polar surface area (TPSA) is 198 Å². The Morgan fingerprint density at radius 1 is 0.671 bits per heavy atom. The maximum atomic E-state index is 12.2. The van der Waals surface area contributed by atoms with Gasteiger partial charge in [0.15, 0.2) is 17.0 Å². The van der Waals surface area contributed by atoms with Gasteiger partial charge in [-0.25, -0.2) is 29.3 Å². The number of carbonyl (C=O) groups excluding carboxylic acids is 2. The molecule has 4 aromatic heterocycles. The summed E-state index contributed by atoms with van der Waals surface area (Å²) in [6.07, 6.45) is 9.16. The molecule has 23 heteroatoms. The fourth-order valence-corrected chi connectivity index (χ4v) is 8.48. The summed E-state index contributed by atoms with van der Waals surface area (Å²) in [5.74, 6) is 3.61. The predicted molar refractivity (Wildman–Crippen MR) is 316 cm³/mol. The summed E-state index contributed by atoms with van der Waals surface area (Å²) in [5, 5.41) is 11.2. The van der Waals surface area contributed by atoms with Gasteiger partial charge in [0.05, 0.1) is 22.9 Å². The molecule has 2 aliphatic heterocycles. The number of para-hydroxylation sites is 2. The maximum Gasteiger partial charge on any atom is 0.304 e. The van der Waals surface area contributed by atoms with Crippen LogP contribution in [0.25, 0.3) is 44.6 Å². The van der Waals surface area contributed by atoms with Crippen LogP contribution >= 0.6 is 81.0 Å². The third kappa shape index (κ3) is 14.2. The first kappa shape index (κ1) is 54.8. The van der Waals surface area contributed by atoms with Crippen molar-refractivity contribution in [2.45, 2.75) is 37.8 Å². The number of hydrogen-bond acceptors (Lipinski definition) is 12. The summed E-state index contributed by atoms with van der Waals surface area (Å²) >= 11 is 8.53. The number of carbonyl (C=O) groups is 2. The lowest BCUT2D eigenvalue weighted by atomic mass is 10.1. The van der Waals surface area contributed by atoms with E-state index in [0.29, 0.717) is 71.3 Å². The highest BCUT2D eigenvalue weighted by molar-refractivity contribution is 14.1. The van der Waals surface area contributed by atoms with Crippen LogP contribution in [0.2, 0.25) is 0 Å². The molecule has 2 atom stereocenters. The number of anilines is 2. The quantitative estimate of drug-likeness (QED) is 0.0747. The van der Waals surface area contributed by atoms with Crippen molar-refractivity contribution < 1.29 is 19.1 Å². The van der Waals surface area contributed by atoms with E-state index in [-0.39, 0.29) is 48.7 Å². The Morgan fingerprint density at radius 3 is 1.36 bits per heavy atom. The van der Waals surface area contributed by atoms with Crippen molar-refractivity contribution in [3.8, 4) is 45.5 Å². The van der Waals surface area contributed by atoms with Gasteiger partial charge in [-0.15, -0.1) is 47.2 Å². The van der Waals surface area contributed by atoms with Gasteiger partial charge in [0.25, 0.3) is 0 Å². The number of piperidine rings is 2. The largest absolute Gasteiger partial charge is 0.457 e. The van der Waals surface area contributed by atoms with Gasteiger partial charge in [-0.2, -0.15) is 44.0 Å². The van der Waals surface area contributed by atoms with Crippen molar-refractivity contribution in [2.75, 3.05) is 37.6 Å². The molecule has 377 valence electrons. The van der Waals surface area contributed by atoms with E-state index in [9.17, 15) is 9.59 Å². The Kier molecular flexibility index (Phi) is 21.4.